The van der Waals surface area contributed by atoms with Crippen LogP contribution in [0.4, 0.5) is 0 Å². The molecule has 0 radical (unpaired) electrons. The Morgan fingerprint density at radius 2 is 1.79 bits per heavy atom. The molecule has 1 aliphatic heterocycles. The van der Waals surface area contributed by atoms with Crippen molar-refractivity contribution in [1.29, 1.82) is 5.26 Å². The predicted molar refractivity (Wildman–Crippen MR) is 108 cm³/mol. The SMILES string of the molecule is COc1cccc(C(C#N)N2CCN(S(=O)(=O)c3ccc(C)cc3C)CC2)c1. The molecule has 1 fully saturated rings. The molecule has 1 saturated heterocycles. The Bertz CT molecular complexity index is 990. The highest BCUT2D eigenvalue weighted by atomic mass is 32.2. The number of nitriles is 1. The van der Waals surface area contributed by atoms with Gasteiger partial charge in [-0.05, 0) is 43.2 Å². The second-order valence-electron chi connectivity index (χ2n) is 7.02. The fourth-order valence-corrected chi connectivity index (χ4v) is 5.24. The van der Waals surface area contributed by atoms with E-state index in [9.17, 15) is 13.7 Å². The zero-order chi connectivity index (χ0) is 20.3. The van der Waals surface area contributed by atoms with Gasteiger partial charge >= 0.3 is 0 Å². The normalized spacial score (nSPS) is 17.1. The summed E-state index contributed by atoms with van der Waals surface area (Å²) in [5, 5.41) is 9.70. The van der Waals surface area contributed by atoms with Gasteiger partial charge in [-0.15, -0.1) is 0 Å². The van der Waals surface area contributed by atoms with Gasteiger partial charge in [0.25, 0.3) is 0 Å². The third-order valence-corrected chi connectivity index (χ3v) is 7.18. The number of rotatable bonds is 5. The minimum absolute atomic E-state index is 0.358. The molecule has 1 heterocycles. The van der Waals surface area contributed by atoms with Crippen molar-refractivity contribution in [1.82, 2.24) is 9.21 Å². The van der Waals surface area contributed by atoms with E-state index in [1.807, 2.05) is 55.1 Å². The molecule has 2 aromatic rings. The van der Waals surface area contributed by atoms with E-state index >= 15 is 0 Å². The molecule has 0 N–H and O–H groups in total. The molecule has 1 aliphatic rings. The Morgan fingerprint density at radius 1 is 1.07 bits per heavy atom. The lowest BCUT2D eigenvalue weighted by molar-refractivity contribution is 0.162. The smallest absolute Gasteiger partial charge is 0.243 e. The number of sulfonamides is 1. The van der Waals surface area contributed by atoms with Crippen LogP contribution in [0, 0.1) is 25.2 Å². The maximum Gasteiger partial charge on any atom is 0.243 e. The lowest BCUT2D eigenvalue weighted by Crippen LogP contribution is -2.49. The van der Waals surface area contributed by atoms with Crippen molar-refractivity contribution in [2.45, 2.75) is 24.8 Å². The molecule has 0 aromatic heterocycles. The molecule has 148 valence electrons. The standard InChI is InChI=1S/C21H25N3O3S/c1-16-7-8-21(17(2)13-16)28(25,26)24-11-9-23(10-12-24)20(15-22)18-5-4-6-19(14-18)27-3/h4-8,13-14,20H,9-12H2,1-3H3. The van der Waals surface area contributed by atoms with Gasteiger partial charge < -0.3 is 4.74 Å². The monoisotopic (exact) mass is 399 g/mol. The minimum atomic E-state index is -3.54. The van der Waals surface area contributed by atoms with Crippen molar-refractivity contribution < 1.29 is 13.2 Å². The molecule has 0 amide bonds. The summed E-state index contributed by atoms with van der Waals surface area (Å²) in [6.45, 7) is 5.49. The number of ether oxygens (including phenoxy) is 1. The Labute approximate surface area is 167 Å². The second kappa shape index (κ2) is 8.31. The molecule has 7 heteroatoms. The molecule has 3 rings (SSSR count). The van der Waals surface area contributed by atoms with Gasteiger partial charge in [-0.3, -0.25) is 4.90 Å². The number of aryl methyl sites for hydroxylation is 2. The fraction of sp³-hybridized carbons (Fsp3) is 0.381. The van der Waals surface area contributed by atoms with Crippen LogP contribution in [0.3, 0.4) is 0 Å². The first-order valence-corrected chi connectivity index (χ1v) is 10.7. The number of piperazine rings is 1. The Hall–Kier alpha value is -2.40. The zero-order valence-electron chi connectivity index (χ0n) is 16.4. The molecular formula is C21H25N3O3S. The maximum absolute atomic E-state index is 13.0. The summed E-state index contributed by atoms with van der Waals surface area (Å²) in [6.07, 6.45) is 0. The number of nitrogens with zero attached hydrogens (tertiary/aromatic N) is 3. The van der Waals surface area contributed by atoms with Crippen LogP contribution in [0.2, 0.25) is 0 Å². The first-order chi connectivity index (χ1) is 13.4. The van der Waals surface area contributed by atoms with Crippen molar-refractivity contribution in [3.8, 4) is 11.8 Å². The first kappa shape index (κ1) is 20.3. The Kier molecular flexibility index (Phi) is 6.04. The molecule has 0 spiro atoms. The van der Waals surface area contributed by atoms with Gasteiger partial charge in [0.05, 0.1) is 18.1 Å². The van der Waals surface area contributed by atoms with Gasteiger partial charge in [0.1, 0.15) is 11.8 Å². The van der Waals surface area contributed by atoms with Gasteiger partial charge in [0.2, 0.25) is 10.0 Å². The highest BCUT2D eigenvalue weighted by molar-refractivity contribution is 7.89. The number of methoxy groups -OCH3 is 1. The van der Waals surface area contributed by atoms with Crippen LogP contribution in [0.1, 0.15) is 22.7 Å². The average molecular weight is 400 g/mol. The summed E-state index contributed by atoms with van der Waals surface area (Å²) in [4.78, 5) is 2.37. The Morgan fingerprint density at radius 3 is 2.39 bits per heavy atom. The number of hydrogen-bond donors (Lipinski definition) is 0. The molecule has 0 aliphatic carbocycles. The van der Waals surface area contributed by atoms with Crippen LogP contribution < -0.4 is 4.74 Å². The molecule has 1 unspecified atom stereocenters. The lowest BCUT2D eigenvalue weighted by Gasteiger charge is -2.36. The number of hydrogen-bond acceptors (Lipinski definition) is 5. The van der Waals surface area contributed by atoms with Crippen LogP contribution in [-0.4, -0.2) is 50.9 Å². The zero-order valence-corrected chi connectivity index (χ0v) is 17.2. The first-order valence-electron chi connectivity index (χ1n) is 9.22. The quantitative estimate of drug-likeness (QED) is 0.773. The molecule has 6 nitrogen and oxygen atoms in total. The summed E-state index contributed by atoms with van der Waals surface area (Å²) in [6, 6.07) is 14.8. The van der Waals surface area contributed by atoms with Crippen molar-refractivity contribution in [2.75, 3.05) is 33.3 Å². The van der Waals surface area contributed by atoms with Crippen LogP contribution in [0.15, 0.2) is 47.4 Å². The summed E-state index contributed by atoms with van der Waals surface area (Å²) in [5.74, 6) is 0.703. The fourth-order valence-electron chi connectivity index (χ4n) is 3.61. The summed E-state index contributed by atoms with van der Waals surface area (Å²) >= 11 is 0. The Balaban J connectivity index is 1.75. The van der Waals surface area contributed by atoms with E-state index < -0.39 is 16.1 Å². The van der Waals surface area contributed by atoms with Gasteiger partial charge in [0.15, 0.2) is 0 Å². The predicted octanol–water partition coefficient (Wildman–Crippen LogP) is 2.88. The van der Waals surface area contributed by atoms with E-state index in [-0.39, 0.29) is 0 Å². The topological polar surface area (TPSA) is 73.6 Å². The molecule has 2 aromatic carbocycles. The van der Waals surface area contributed by atoms with Gasteiger partial charge in [-0.1, -0.05) is 29.8 Å². The van der Waals surface area contributed by atoms with Crippen LogP contribution in [-0.2, 0) is 10.0 Å². The van der Waals surface area contributed by atoms with E-state index in [0.29, 0.717) is 36.8 Å². The molecular weight excluding hydrogens is 374 g/mol. The average Bonchev–Trinajstić information content (AvgIpc) is 2.69. The second-order valence-corrected chi connectivity index (χ2v) is 8.92. The van der Waals surface area contributed by atoms with Crippen LogP contribution in [0.5, 0.6) is 5.75 Å². The van der Waals surface area contributed by atoms with Crippen LogP contribution in [0.25, 0.3) is 0 Å². The third kappa shape index (κ3) is 4.04. The summed E-state index contributed by atoms with van der Waals surface area (Å²) < 4.78 is 32.9. The van der Waals surface area contributed by atoms with Crippen molar-refractivity contribution >= 4 is 10.0 Å². The van der Waals surface area contributed by atoms with Gasteiger partial charge in [0, 0.05) is 26.2 Å². The molecule has 28 heavy (non-hydrogen) atoms. The largest absolute Gasteiger partial charge is 0.497 e. The molecule has 1 atom stereocenters. The van der Waals surface area contributed by atoms with Crippen molar-refractivity contribution in [2.24, 2.45) is 0 Å². The highest BCUT2D eigenvalue weighted by Gasteiger charge is 2.32. The molecule has 0 saturated carbocycles. The van der Waals surface area contributed by atoms with E-state index in [2.05, 4.69) is 6.07 Å². The molecule has 0 bridgehead atoms. The number of benzene rings is 2. The third-order valence-electron chi connectivity index (χ3n) is 5.12. The maximum atomic E-state index is 13.0. The van der Waals surface area contributed by atoms with Crippen LogP contribution >= 0.6 is 0 Å². The van der Waals surface area contributed by atoms with E-state index in [0.717, 1.165) is 16.7 Å². The van der Waals surface area contributed by atoms with E-state index in [4.69, 9.17) is 4.74 Å². The van der Waals surface area contributed by atoms with Crippen molar-refractivity contribution in [3.05, 3.63) is 59.2 Å². The minimum Gasteiger partial charge on any atom is -0.497 e. The van der Waals surface area contributed by atoms with Crippen molar-refractivity contribution in [3.63, 3.8) is 0 Å². The summed E-state index contributed by atoms with van der Waals surface area (Å²) in [7, 11) is -1.94. The van der Waals surface area contributed by atoms with Gasteiger partial charge in [-0.2, -0.15) is 9.57 Å². The summed E-state index contributed by atoms with van der Waals surface area (Å²) in [5.41, 5.74) is 2.65. The lowest BCUT2D eigenvalue weighted by atomic mass is 10.1. The highest BCUT2D eigenvalue weighted by Crippen LogP contribution is 2.27. The van der Waals surface area contributed by atoms with Gasteiger partial charge in [-0.25, -0.2) is 8.42 Å². The van der Waals surface area contributed by atoms with E-state index in [1.165, 1.54) is 4.31 Å². The van der Waals surface area contributed by atoms with E-state index in [1.54, 1.807) is 13.2 Å².